The van der Waals surface area contributed by atoms with Gasteiger partial charge in [-0.1, -0.05) is 65.9 Å². The second-order valence-electron chi connectivity index (χ2n) is 10.0. The van der Waals surface area contributed by atoms with Crippen LogP contribution < -0.4 is 4.74 Å². The first kappa shape index (κ1) is 28.1. The highest BCUT2D eigenvalue weighted by molar-refractivity contribution is 7.97. The maximum absolute atomic E-state index is 12.6. The van der Waals surface area contributed by atoms with Crippen LogP contribution in [-0.4, -0.2) is 18.2 Å². The molecule has 4 rings (SSSR count). The maximum Gasteiger partial charge on any atom is 0.310 e. The first-order valence-corrected chi connectivity index (χ1v) is 14.3. The van der Waals surface area contributed by atoms with Crippen molar-refractivity contribution in [2.75, 3.05) is 6.61 Å². The standard InChI is InChI=1S/C35H35O3S/c1-26-16-18-29(19-17-26)20-22-35(4,5)38-33(36)21-23-37-34-27(2)24-32(25-28(34)3)39(30-12-8-6-9-13-30)31-14-10-7-11-15-31/h6-19,24-25H,21,23H2,1-5H3/q+1. The van der Waals surface area contributed by atoms with E-state index in [0.29, 0.717) is 0 Å². The minimum absolute atomic E-state index is 0.147. The fraction of sp³-hybridized carbons (Fsp3) is 0.229. The molecule has 0 atom stereocenters. The van der Waals surface area contributed by atoms with Crippen LogP contribution >= 0.6 is 0 Å². The number of carbonyl (C=O) groups excluding carboxylic acids is 1. The number of hydrogen-bond donors (Lipinski definition) is 0. The molecule has 4 heteroatoms. The van der Waals surface area contributed by atoms with Crippen LogP contribution in [0.4, 0.5) is 0 Å². The first-order valence-electron chi connectivity index (χ1n) is 13.1. The third kappa shape index (κ3) is 7.78. The number of carbonyl (C=O) groups is 1. The fourth-order valence-electron chi connectivity index (χ4n) is 4.23. The normalized spacial score (nSPS) is 11.0. The quantitative estimate of drug-likeness (QED) is 0.131. The highest BCUT2D eigenvalue weighted by atomic mass is 32.2. The molecule has 0 saturated carbocycles. The van der Waals surface area contributed by atoms with E-state index in [2.05, 4.69) is 86.4 Å². The Morgan fingerprint density at radius 1 is 0.769 bits per heavy atom. The topological polar surface area (TPSA) is 35.5 Å². The Bertz CT molecular complexity index is 1400. The van der Waals surface area contributed by atoms with E-state index in [-0.39, 0.29) is 29.9 Å². The molecule has 39 heavy (non-hydrogen) atoms. The predicted octanol–water partition coefficient (Wildman–Crippen LogP) is 7.85. The average molecular weight is 536 g/mol. The lowest BCUT2D eigenvalue weighted by molar-refractivity contribution is -0.152. The first-order chi connectivity index (χ1) is 18.7. The summed E-state index contributed by atoms with van der Waals surface area (Å²) >= 11 is 0. The highest BCUT2D eigenvalue weighted by Gasteiger charge is 2.29. The van der Waals surface area contributed by atoms with Crippen LogP contribution in [0, 0.1) is 32.6 Å². The van der Waals surface area contributed by atoms with Gasteiger partial charge < -0.3 is 9.47 Å². The SMILES string of the molecule is Cc1ccc(C#CC(C)(C)OC(=O)CCOc2c(C)cc([S+](c3ccccc3)c3ccccc3)cc2C)cc1. The summed E-state index contributed by atoms with van der Waals surface area (Å²) in [5.74, 6) is 6.64. The van der Waals surface area contributed by atoms with E-state index in [0.717, 1.165) is 22.4 Å². The molecule has 4 aromatic rings. The van der Waals surface area contributed by atoms with Crippen molar-refractivity contribution in [3.05, 3.63) is 119 Å². The lowest BCUT2D eigenvalue weighted by Gasteiger charge is -2.19. The molecule has 0 aromatic heterocycles. The Labute approximate surface area is 235 Å². The third-order valence-corrected chi connectivity index (χ3v) is 8.30. The van der Waals surface area contributed by atoms with Gasteiger partial charge >= 0.3 is 5.97 Å². The van der Waals surface area contributed by atoms with Gasteiger partial charge in [-0.15, -0.1) is 0 Å². The summed E-state index contributed by atoms with van der Waals surface area (Å²) in [6.07, 6.45) is 0.147. The molecule has 0 saturated heterocycles. The minimum atomic E-state index is -0.889. The van der Waals surface area contributed by atoms with Gasteiger partial charge in [0, 0.05) is 17.7 Å². The van der Waals surface area contributed by atoms with Crippen molar-refractivity contribution in [2.24, 2.45) is 0 Å². The number of aryl methyl sites for hydroxylation is 3. The number of ether oxygens (including phenoxy) is 2. The van der Waals surface area contributed by atoms with E-state index in [1.165, 1.54) is 20.2 Å². The summed E-state index contributed by atoms with van der Waals surface area (Å²) < 4.78 is 11.7. The monoisotopic (exact) mass is 535 g/mol. The zero-order chi connectivity index (χ0) is 27.8. The molecule has 3 nitrogen and oxygen atoms in total. The Morgan fingerprint density at radius 3 is 1.85 bits per heavy atom. The van der Waals surface area contributed by atoms with E-state index in [1.54, 1.807) is 13.8 Å². The molecule has 0 aliphatic carbocycles. The Kier molecular flexibility index (Phi) is 9.17. The Balaban J connectivity index is 1.42. The van der Waals surface area contributed by atoms with Gasteiger partial charge in [0.25, 0.3) is 0 Å². The summed E-state index contributed by atoms with van der Waals surface area (Å²) in [5, 5.41) is 0. The van der Waals surface area contributed by atoms with Crippen molar-refractivity contribution in [1.82, 2.24) is 0 Å². The van der Waals surface area contributed by atoms with Crippen LogP contribution in [0.1, 0.15) is 42.5 Å². The van der Waals surface area contributed by atoms with Gasteiger partial charge in [-0.2, -0.15) is 0 Å². The molecular formula is C35H35O3S+. The molecule has 0 aliphatic heterocycles. The van der Waals surface area contributed by atoms with Crippen LogP contribution in [0.3, 0.4) is 0 Å². The lowest BCUT2D eigenvalue weighted by Crippen LogP contribution is -2.27. The van der Waals surface area contributed by atoms with Crippen LogP contribution in [0.5, 0.6) is 5.75 Å². The average Bonchev–Trinajstić information content (AvgIpc) is 2.91. The van der Waals surface area contributed by atoms with E-state index in [1.807, 2.05) is 43.3 Å². The lowest BCUT2D eigenvalue weighted by atomic mass is 10.1. The summed E-state index contributed by atoms with van der Waals surface area (Å²) in [6.45, 7) is 10.0. The predicted molar refractivity (Wildman–Crippen MR) is 159 cm³/mol. The van der Waals surface area contributed by atoms with Gasteiger partial charge in [-0.05, 0) is 82.1 Å². The minimum Gasteiger partial charge on any atom is -0.492 e. The Morgan fingerprint density at radius 2 is 1.31 bits per heavy atom. The zero-order valence-electron chi connectivity index (χ0n) is 23.3. The van der Waals surface area contributed by atoms with Gasteiger partial charge in [-0.3, -0.25) is 4.79 Å². The molecule has 0 amide bonds. The van der Waals surface area contributed by atoms with Crippen molar-refractivity contribution < 1.29 is 14.3 Å². The summed E-state index contributed by atoms with van der Waals surface area (Å²) in [4.78, 5) is 16.3. The van der Waals surface area contributed by atoms with Crippen molar-refractivity contribution in [2.45, 2.75) is 61.3 Å². The van der Waals surface area contributed by atoms with Crippen LogP contribution in [0.15, 0.2) is 112 Å². The Hall–Kier alpha value is -3.94. The van der Waals surface area contributed by atoms with Gasteiger partial charge in [0.2, 0.25) is 0 Å². The van der Waals surface area contributed by atoms with E-state index in [9.17, 15) is 4.79 Å². The molecular weight excluding hydrogens is 500 g/mol. The van der Waals surface area contributed by atoms with E-state index in [4.69, 9.17) is 9.47 Å². The van der Waals surface area contributed by atoms with Gasteiger partial charge in [0.1, 0.15) is 5.75 Å². The molecule has 0 radical (unpaired) electrons. The molecule has 0 heterocycles. The number of esters is 1. The summed E-state index contributed by atoms with van der Waals surface area (Å²) in [7, 11) is -0.228. The molecule has 0 fully saturated rings. The van der Waals surface area contributed by atoms with Crippen molar-refractivity contribution in [1.29, 1.82) is 0 Å². The van der Waals surface area contributed by atoms with Gasteiger partial charge in [-0.25, -0.2) is 0 Å². The van der Waals surface area contributed by atoms with E-state index >= 15 is 0 Å². The van der Waals surface area contributed by atoms with Crippen LogP contribution in [-0.2, 0) is 20.4 Å². The van der Waals surface area contributed by atoms with Crippen LogP contribution in [0.25, 0.3) is 0 Å². The summed E-state index contributed by atoms with van der Waals surface area (Å²) in [6, 6.07) is 33.5. The number of benzene rings is 4. The van der Waals surface area contributed by atoms with Gasteiger partial charge in [0.15, 0.2) is 20.3 Å². The molecule has 0 unspecified atom stereocenters. The maximum atomic E-state index is 12.6. The number of hydrogen-bond acceptors (Lipinski definition) is 3. The third-order valence-electron chi connectivity index (χ3n) is 6.11. The molecule has 4 aromatic carbocycles. The molecule has 0 N–H and O–H groups in total. The van der Waals surface area contributed by atoms with Crippen molar-refractivity contribution in [3.8, 4) is 17.6 Å². The largest absolute Gasteiger partial charge is 0.492 e. The molecule has 0 aliphatic rings. The van der Waals surface area contributed by atoms with Gasteiger partial charge in [0.05, 0.1) is 23.9 Å². The second-order valence-corrected chi connectivity index (χ2v) is 12.0. The zero-order valence-corrected chi connectivity index (χ0v) is 24.1. The molecule has 0 bridgehead atoms. The van der Waals surface area contributed by atoms with Crippen molar-refractivity contribution in [3.63, 3.8) is 0 Å². The van der Waals surface area contributed by atoms with Crippen molar-refractivity contribution >= 4 is 16.9 Å². The molecule has 0 spiro atoms. The second kappa shape index (κ2) is 12.7. The van der Waals surface area contributed by atoms with Crippen LogP contribution in [0.2, 0.25) is 0 Å². The highest BCUT2D eigenvalue weighted by Crippen LogP contribution is 2.35. The summed E-state index contributed by atoms with van der Waals surface area (Å²) in [5.41, 5.74) is 3.28. The number of rotatable bonds is 8. The fourth-order valence-corrected chi connectivity index (χ4v) is 6.50. The smallest absolute Gasteiger partial charge is 0.310 e. The molecule has 198 valence electrons. The van der Waals surface area contributed by atoms with E-state index < -0.39 is 5.60 Å².